The number of aliphatic hydroxyl groups is 1. The average molecular weight is 1080 g/mol. The Balaban J connectivity index is 3.93. The number of amides is 1. The number of likely N-dealkylation sites (N-methyl/N-ethyl adjacent to an activating group) is 1. The zero-order valence-electron chi connectivity index (χ0n) is 51.0. The largest absolute Gasteiger partial charge is 0.756 e. The smallest absolute Gasteiger partial charge is 0.268 e. The Hall–Kier alpha value is -1.02. The molecule has 0 aliphatic rings. The zero-order valence-corrected chi connectivity index (χ0v) is 51.9. The summed E-state index contributed by atoms with van der Waals surface area (Å²) in [5.74, 6) is -0.191. The van der Waals surface area contributed by atoms with Crippen LogP contribution in [0.5, 0.6) is 0 Å². The summed E-state index contributed by atoms with van der Waals surface area (Å²) in [6.45, 7) is 4.70. The lowest BCUT2D eigenvalue weighted by Gasteiger charge is -2.29. The lowest BCUT2D eigenvalue weighted by atomic mass is 10.0. The third-order valence-electron chi connectivity index (χ3n) is 15.4. The van der Waals surface area contributed by atoms with Crippen molar-refractivity contribution in [3.63, 3.8) is 0 Å². The first-order chi connectivity index (χ1) is 36.5. The minimum Gasteiger partial charge on any atom is -0.756 e. The van der Waals surface area contributed by atoms with Gasteiger partial charge in [-0.05, 0) is 44.9 Å². The molecule has 0 spiro atoms. The maximum atomic E-state index is 13.0. The molecule has 2 N–H and O–H groups in total. The van der Waals surface area contributed by atoms with Gasteiger partial charge in [-0.3, -0.25) is 9.36 Å². The Morgan fingerprint density at radius 3 is 1.04 bits per heavy atom. The third-order valence-corrected chi connectivity index (χ3v) is 16.4. The molecular weight excluding hydrogens is 948 g/mol. The first-order valence-corrected chi connectivity index (χ1v) is 34.7. The van der Waals surface area contributed by atoms with Crippen LogP contribution < -0.4 is 10.2 Å². The Kier molecular flexibility index (Phi) is 56.9. The van der Waals surface area contributed by atoms with Crippen molar-refractivity contribution in [1.29, 1.82) is 0 Å². The van der Waals surface area contributed by atoms with Gasteiger partial charge in [0.1, 0.15) is 13.2 Å². The van der Waals surface area contributed by atoms with Crippen LogP contribution in [0.2, 0.25) is 0 Å². The van der Waals surface area contributed by atoms with E-state index in [1.807, 2.05) is 27.2 Å². The van der Waals surface area contributed by atoms with Crippen molar-refractivity contribution in [2.45, 2.75) is 353 Å². The molecule has 0 bridgehead atoms. The molecule has 0 aliphatic heterocycles. The third kappa shape index (κ3) is 60.5. The molecule has 0 rings (SSSR count). The Bertz CT molecular complexity index is 1270. The Labute approximate surface area is 468 Å². The van der Waals surface area contributed by atoms with E-state index < -0.39 is 20.0 Å². The van der Waals surface area contributed by atoms with Gasteiger partial charge in [-0.1, -0.05) is 314 Å². The molecule has 0 aliphatic carbocycles. The fourth-order valence-corrected chi connectivity index (χ4v) is 10.9. The van der Waals surface area contributed by atoms with E-state index in [0.29, 0.717) is 17.4 Å². The molecule has 0 heterocycles. The first kappa shape index (κ1) is 74.0. The molecular formula is C66H131N2O6P. The van der Waals surface area contributed by atoms with Gasteiger partial charge in [-0.25, -0.2) is 0 Å². The van der Waals surface area contributed by atoms with Crippen LogP contribution >= 0.6 is 7.82 Å². The number of allylic oxidation sites excluding steroid dienone is 3. The summed E-state index contributed by atoms with van der Waals surface area (Å²) in [6, 6.07) is -0.884. The number of hydrogen-bond acceptors (Lipinski definition) is 6. The number of phosphoric acid groups is 1. The average Bonchev–Trinajstić information content (AvgIpc) is 3.37. The van der Waals surface area contributed by atoms with Crippen LogP contribution in [0, 0.1) is 0 Å². The molecule has 0 saturated carbocycles. The van der Waals surface area contributed by atoms with Gasteiger partial charge in [0.05, 0.1) is 39.9 Å². The van der Waals surface area contributed by atoms with Gasteiger partial charge in [-0.2, -0.15) is 0 Å². The van der Waals surface area contributed by atoms with E-state index >= 15 is 0 Å². The van der Waals surface area contributed by atoms with E-state index in [4.69, 9.17) is 9.05 Å². The highest BCUT2D eigenvalue weighted by molar-refractivity contribution is 7.45. The number of nitrogens with zero attached hydrogens (tertiary/aromatic N) is 1. The van der Waals surface area contributed by atoms with Crippen LogP contribution in [0.4, 0.5) is 0 Å². The maximum Gasteiger partial charge on any atom is 0.268 e. The van der Waals surface area contributed by atoms with Gasteiger partial charge in [0.2, 0.25) is 5.91 Å². The van der Waals surface area contributed by atoms with Crippen molar-refractivity contribution in [2.24, 2.45) is 0 Å². The molecule has 75 heavy (non-hydrogen) atoms. The van der Waals surface area contributed by atoms with E-state index in [1.54, 1.807) is 6.08 Å². The van der Waals surface area contributed by atoms with Crippen LogP contribution in [-0.2, 0) is 18.4 Å². The summed E-state index contributed by atoms with van der Waals surface area (Å²) < 4.78 is 23.4. The second kappa shape index (κ2) is 57.7. The standard InChI is InChI=1S/C66H131N2O6P/c1-6-8-10-12-14-16-18-20-22-24-25-26-27-28-29-30-31-32-33-34-35-36-37-38-39-40-41-42-43-44-46-48-50-52-54-56-58-60-66(70)67-64(63-74-75(71,72)73-62-61-68(3,4)5)65(69)59-57-55-53-51-49-47-45-23-21-19-17-15-13-11-9-7-2/h32-33,57,59,64-65,69H,6-31,34-56,58,60-63H2,1-5H3,(H-,67,70,71,72)/b33-32-,59-57+. The summed E-state index contributed by atoms with van der Waals surface area (Å²) in [7, 11) is 1.28. The SMILES string of the molecule is CCCCCCCCCCCCCCCC/C=C/C(O)C(COP(=O)([O-])OCC[N+](C)(C)C)NC(=O)CCCCCCCCCCCCCCCCCCC/C=C\CCCCCCCCCCCCCCCCCC. The second-order valence-corrected chi connectivity index (χ2v) is 25.6. The molecule has 3 atom stereocenters. The van der Waals surface area contributed by atoms with Gasteiger partial charge in [0, 0.05) is 6.42 Å². The monoisotopic (exact) mass is 1080 g/mol. The topological polar surface area (TPSA) is 108 Å². The minimum atomic E-state index is -4.59. The molecule has 0 aromatic rings. The molecule has 3 unspecified atom stereocenters. The predicted octanol–water partition coefficient (Wildman–Crippen LogP) is 20.1. The number of nitrogens with one attached hydrogen (secondary N) is 1. The van der Waals surface area contributed by atoms with Crippen molar-refractivity contribution in [3.8, 4) is 0 Å². The van der Waals surface area contributed by atoms with Crippen molar-refractivity contribution in [2.75, 3.05) is 40.9 Å². The fraction of sp³-hybridized carbons (Fsp3) is 0.924. The number of unbranched alkanes of at least 4 members (excludes halogenated alkanes) is 47. The molecule has 0 aromatic heterocycles. The lowest BCUT2D eigenvalue weighted by molar-refractivity contribution is -0.870. The summed E-state index contributed by atoms with van der Waals surface area (Å²) in [5, 5.41) is 13.9. The van der Waals surface area contributed by atoms with E-state index in [-0.39, 0.29) is 19.1 Å². The minimum absolute atomic E-state index is 0.00147. The number of carbonyl (C=O) groups excluding carboxylic acids is 1. The van der Waals surface area contributed by atoms with Crippen molar-refractivity contribution in [3.05, 3.63) is 24.3 Å². The highest BCUT2D eigenvalue weighted by Gasteiger charge is 2.23. The van der Waals surface area contributed by atoms with Gasteiger partial charge in [0.25, 0.3) is 7.82 Å². The highest BCUT2D eigenvalue weighted by Crippen LogP contribution is 2.38. The molecule has 9 heteroatoms. The number of quaternary nitrogens is 1. The van der Waals surface area contributed by atoms with Crippen molar-refractivity contribution in [1.82, 2.24) is 5.32 Å². The molecule has 0 aromatic carbocycles. The van der Waals surface area contributed by atoms with Crippen LogP contribution in [0.1, 0.15) is 341 Å². The van der Waals surface area contributed by atoms with Gasteiger partial charge < -0.3 is 28.8 Å². The molecule has 0 radical (unpaired) electrons. The number of rotatable bonds is 62. The van der Waals surface area contributed by atoms with Crippen LogP contribution in [-0.4, -0.2) is 68.5 Å². The zero-order chi connectivity index (χ0) is 54.9. The van der Waals surface area contributed by atoms with Crippen LogP contribution in [0.3, 0.4) is 0 Å². The number of aliphatic hydroxyl groups excluding tert-OH is 1. The summed E-state index contributed by atoms with van der Waals surface area (Å²) in [5.41, 5.74) is 0. The van der Waals surface area contributed by atoms with Crippen LogP contribution in [0.15, 0.2) is 24.3 Å². The van der Waals surface area contributed by atoms with E-state index in [9.17, 15) is 19.4 Å². The van der Waals surface area contributed by atoms with Crippen molar-refractivity contribution < 1.29 is 32.9 Å². The number of phosphoric ester groups is 1. The lowest BCUT2D eigenvalue weighted by Crippen LogP contribution is -2.45. The molecule has 446 valence electrons. The first-order valence-electron chi connectivity index (χ1n) is 33.2. The normalized spacial score (nSPS) is 13.9. The Morgan fingerprint density at radius 1 is 0.453 bits per heavy atom. The number of carbonyl (C=O) groups is 1. The maximum absolute atomic E-state index is 13.0. The molecule has 0 fully saturated rings. The summed E-state index contributed by atoms with van der Waals surface area (Å²) >= 11 is 0. The fourth-order valence-electron chi connectivity index (χ4n) is 10.2. The number of hydrogen-bond donors (Lipinski definition) is 2. The molecule has 8 nitrogen and oxygen atoms in total. The van der Waals surface area contributed by atoms with E-state index in [2.05, 4.69) is 31.3 Å². The Morgan fingerprint density at radius 2 is 0.733 bits per heavy atom. The summed E-state index contributed by atoms with van der Waals surface area (Å²) in [6.07, 6.45) is 74.4. The van der Waals surface area contributed by atoms with Gasteiger partial charge in [-0.15, -0.1) is 0 Å². The highest BCUT2D eigenvalue weighted by atomic mass is 31.2. The summed E-state index contributed by atoms with van der Waals surface area (Å²) in [4.78, 5) is 25.5. The van der Waals surface area contributed by atoms with Crippen molar-refractivity contribution >= 4 is 13.7 Å². The molecule has 1 amide bonds. The van der Waals surface area contributed by atoms with Gasteiger partial charge in [0.15, 0.2) is 0 Å². The quantitative estimate of drug-likeness (QED) is 0.0272. The van der Waals surface area contributed by atoms with E-state index in [0.717, 1.165) is 38.5 Å². The molecule has 0 saturated heterocycles. The van der Waals surface area contributed by atoms with Gasteiger partial charge >= 0.3 is 0 Å². The van der Waals surface area contributed by atoms with Crippen LogP contribution in [0.25, 0.3) is 0 Å². The second-order valence-electron chi connectivity index (χ2n) is 24.2. The predicted molar refractivity (Wildman–Crippen MR) is 325 cm³/mol. The van der Waals surface area contributed by atoms with E-state index in [1.165, 1.54) is 283 Å².